The molecule has 0 radical (unpaired) electrons. The van der Waals surface area contributed by atoms with Crippen molar-refractivity contribution in [1.29, 1.82) is 0 Å². The SMILES string of the molecule is CCN1/C(=C/C=c2sc(=C3SC(=S)N(C)C3=O)n(CC)c2=O)Sc2ccc(OC)cc21. The van der Waals surface area contributed by atoms with E-state index in [0.29, 0.717) is 25.0 Å². The van der Waals surface area contributed by atoms with Crippen LogP contribution in [0.25, 0.3) is 11.0 Å². The van der Waals surface area contributed by atoms with Gasteiger partial charge in [-0.15, -0.1) is 11.3 Å². The Balaban J connectivity index is 1.80. The minimum Gasteiger partial charge on any atom is -0.497 e. The van der Waals surface area contributed by atoms with E-state index in [9.17, 15) is 9.59 Å². The number of thiocarbonyl (C=S) groups is 1. The Morgan fingerprint density at radius 1 is 1.13 bits per heavy atom. The fourth-order valence-corrected chi connectivity index (χ4v) is 6.92. The molecule has 4 rings (SSSR count). The molecule has 3 heterocycles. The van der Waals surface area contributed by atoms with E-state index in [1.54, 1.807) is 30.5 Å². The van der Waals surface area contributed by atoms with Crippen molar-refractivity contribution in [3.8, 4) is 5.75 Å². The highest BCUT2D eigenvalue weighted by atomic mass is 32.2. The number of methoxy groups -OCH3 is 1. The lowest BCUT2D eigenvalue weighted by Gasteiger charge is -2.18. The fraction of sp³-hybridized carbons (Fsp3) is 0.286. The maximum absolute atomic E-state index is 13.0. The van der Waals surface area contributed by atoms with E-state index in [2.05, 4.69) is 17.9 Å². The van der Waals surface area contributed by atoms with Gasteiger partial charge in [-0.2, -0.15) is 0 Å². The van der Waals surface area contributed by atoms with Crippen LogP contribution in [0.2, 0.25) is 0 Å². The molecule has 0 bridgehead atoms. The summed E-state index contributed by atoms with van der Waals surface area (Å²) in [5.74, 6) is 0.659. The highest BCUT2D eigenvalue weighted by Crippen LogP contribution is 2.47. The van der Waals surface area contributed by atoms with Crippen LogP contribution in [-0.4, -0.2) is 40.4 Å². The molecule has 31 heavy (non-hydrogen) atoms. The first-order chi connectivity index (χ1) is 14.9. The lowest BCUT2D eigenvalue weighted by Crippen LogP contribution is -2.32. The molecule has 1 amide bonds. The van der Waals surface area contributed by atoms with E-state index in [4.69, 9.17) is 17.0 Å². The summed E-state index contributed by atoms with van der Waals surface area (Å²) in [6.45, 7) is 5.29. The summed E-state index contributed by atoms with van der Waals surface area (Å²) < 4.78 is 8.78. The molecule has 1 aromatic heterocycles. The normalized spacial score (nSPS) is 19.7. The van der Waals surface area contributed by atoms with Gasteiger partial charge < -0.3 is 9.64 Å². The molecule has 0 aliphatic carbocycles. The van der Waals surface area contributed by atoms with E-state index in [1.165, 1.54) is 28.0 Å². The Labute approximate surface area is 197 Å². The molecular formula is C21H21N3O3S4. The summed E-state index contributed by atoms with van der Waals surface area (Å²) in [5.41, 5.74) is 1.01. The average Bonchev–Trinajstić information content (AvgIpc) is 3.38. The molecule has 0 unspecified atom stereocenters. The molecule has 0 N–H and O–H groups in total. The van der Waals surface area contributed by atoms with Gasteiger partial charge in [0, 0.05) is 31.1 Å². The number of allylic oxidation sites excluding steroid dienone is 1. The number of carbonyl (C=O) groups is 1. The third-order valence-corrected chi connectivity index (χ3v) is 8.96. The second-order valence-corrected chi connectivity index (χ2v) is 10.5. The van der Waals surface area contributed by atoms with Crippen LogP contribution in [0.15, 0.2) is 39.0 Å². The largest absolute Gasteiger partial charge is 0.497 e. The summed E-state index contributed by atoms with van der Waals surface area (Å²) in [5, 5.41) is 1.04. The van der Waals surface area contributed by atoms with Crippen molar-refractivity contribution in [2.75, 3.05) is 25.6 Å². The van der Waals surface area contributed by atoms with Crippen LogP contribution in [0.1, 0.15) is 13.8 Å². The second kappa shape index (κ2) is 8.85. The van der Waals surface area contributed by atoms with Gasteiger partial charge in [0.05, 0.1) is 22.4 Å². The number of nitrogens with zero attached hydrogens (tertiary/aromatic N) is 3. The highest BCUT2D eigenvalue weighted by molar-refractivity contribution is 8.30. The van der Waals surface area contributed by atoms with Gasteiger partial charge in [-0.05, 0) is 38.1 Å². The van der Waals surface area contributed by atoms with Gasteiger partial charge in [-0.25, -0.2) is 0 Å². The predicted octanol–water partition coefficient (Wildman–Crippen LogP) is 2.79. The number of ether oxygens (including phenoxy) is 1. The first kappa shape index (κ1) is 22.2. The third-order valence-electron chi connectivity index (χ3n) is 5.01. The maximum atomic E-state index is 13.0. The zero-order valence-corrected chi connectivity index (χ0v) is 20.8. The minimum atomic E-state index is -0.156. The number of rotatable bonds is 4. The molecule has 1 aromatic carbocycles. The monoisotopic (exact) mass is 491 g/mol. The molecule has 2 aliphatic rings. The molecule has 6 nitrogen and oxygen atoms in total. The lowest BCUT2D eigenvalue weighted by atomic mass is 10.2. The second-order valence-electron chi connectivity index (χ2n) is 6.73. The number of thioether (sulfide) groups is 2. The molecule has 2 aliphatic heterocycles. The Morgan fingerprint density at radius 3 is 2.52 bits per heavy atom. The van der Waals surface area contributed by atoms with Crippen molar-refractivity contribution >= 4 is 74.0 Å². The summed E-state index contributed by atoms with van der Waals surface area (Å²) in [6.07, 6.45) is 3.83. The van der Waals surface area contributed by atoms with Gasteiger partial charge in [-0.1, -0.05) is 35.7 Å². The summed E-state index contributed by atoms with van der Waals surface area (Å²) in [6, 6.07) is 6.03. The number of amides is 1. The summed E-state index contributed by atoms with van der Waals surface area (Å²) >= 11 is 9.50. The summed E-state index contributed by atoms with van der Waals surface area (Å²) in [4.78, 5) is 30.9. The van der Waals surface area contributed by atoms with Gasteiger partial charge in [0.2, 0.25) is 0 Å². The molecule has 10 heteroatoms. The number of thiazole rings is 1. The molecule has 0 spiro atoms. The predicted molar refractivity (Wildman–Crippen MR) is 134 cm³/mol. The Morgan fingerprint density at radius 2 is 1.90 bits per heavy atom. The number of hydrogen-bond donors (Lipinski definition) is 0. The lowest BCUT2D eigenvalue weighted by molar-refractivity contribution is -0.119. The van der Waals surface area contributed by atoms with Crippen LogP contribution in [0.4, 0.5) is 5.69 Å². The first-order valence-corrected chi connectivity index (χ1v) is 12.5. The standard InChI is InChI=1S/C21H21N3O3S4/c1-5-23-13-11-12(27-4)7-8-14(13)29-16(23)10-9-15-18(25)24(6-2)20(30-15)17-19(26)22(3)21(28)31-17/h7-11H,5-6H2,1-4H3/b15-9?,16-10-,20-17?. The van der Waals surface area contributed by atoms with Crippen LogP contribution >= 0.6 is 47.1 Å². The molecule has 0 saturated carbocycles. The van der Waals surface area contributed by atoms with Crippen LogP contribution in [0, 0.1) is 0 Å². The Hall–Kier alpha value is -2.01. The zero-order valence-electron chi connectivity index (χ0n) is 17.5. The maximum Gasteiger partial charge on any atom is 0.269 e. The Bertz CT molecular complexity index is 1290. The third kappa shape index (κ3) is 3.86. The van der Waals surface area contributed by atoms with Crippen molar-refractivity contribution in [2.45, 2.75) is 25.3 Å². The molecule has 162 valence electrons. The van der Waals surface area contributed by atoms with Crippen molar-refractivity contribution in [2.24, 2.45) is 0 Å². The van der Waals surface area contributed by atoms with Crippen molar-refractivity contribution in [3.63, 3.8) is 0 Å². The molecule has 0 atom stereocenters. The van der Waals surface area contributed by atoms with E-state index in [1.807, 2.05) is 31.2 Å². The van der Waals surface area contributed by atoms with Crippen LogP contribution in [0.3, 0.4) is 0 Å². The van der Waals surface area contributed by atoms with Crippen molar-refractivity contribution in [3.05, 3.63) is 48.9 Å². The van der Waals surface area contributed by atoms with E-state index >= 15 is 0 Å². The zero-order chi connectivity index (χ0) is 22.3. The number of carbonyl (C=O) groups excluding carboxylic acids is 1. The van der Waals surface area contributed by atoms with E-state index < -0.39 is 0 Å². The fourth-order valence-electron chi connectivity index (χ4n) is 3.36. The molecule has 2 aromatic rings. The topological polar surface area (TPSA) is 54.8 Å². The minimum absolute atomic E-state index is 0.0917. The highest BCUT2D eigenvalue weighted by Gasteiger charge is 2.31. The summed E-state index contributed by atoms with van der Waals surface area (Å²) in [7, 11) is 3.32. The molecular weight excluding hydrogens is 471 g/mol. The smallest absolute Gasteiger partial charge is 0.269 e. The Kier molecular flexibility index (Phi) is 6.34. The van der Waals surface area contributed by atoms with Gasteiger partial charge in [0.1, 0.15) is 19.6 Å². The van der Waals surface area contributed by atoms with Crippen LogP contribution in [-0.2, 0) is 11.3 Å². The van der Waals surface area contributed by atoms with Crippen LogP contribution in [0.5, 0.6) is 5.75 Å². The number of anilines is 1. The van der Waals surface area contributed by atoms with Gasteiger partial charge in [0.25, 0.3) is 11.5 Å². The van der Waals surface area contributed by atoms with Crippen molar-refractivity contribution in [1.82, 2.24) is 9.47 Å². The van der Waals surface area contributed by atoms with Gasteiger partial charge in [-0.3, -0.25) is 19.1 Å². The molecule has 1 fully saturated rings. The van der Waals surface area contributed by atoms with Crippen LogP contribution < -0.4 is 24.4 Å². The van der Waals surface area contributed by atoms with E-state index in [0.717, 1.165) is 27.9 Å². The number of aromatic nitrogens is 1. The average molecular weight is 492 g/mol. The first-order valence-electron chi connectivity index (χ1n) is 9.68. The number of fused-ring (bicyclic) bond motifs is 1. The number of hydrogen-bond acceptors (Lipinski definition) is 8. The number of benzene rings is 1. The molecule has 1 saturated heterocycles. The van der Waals surface area contributed by atoms with E-state index in [-0.39, 0.29) is 11.5 Å². The van der Waals surface area contributed by atoms with Crippen molar-refractivity contribution < 1.29 is 9.53 Å². The van der Waals surface area contributed by atoms with Gasteiger partial charge in [0.15, 0.2) is 0 Å². The van der Waals surface area contributed by atoms with Gasteiger partial charge >= 0.3 is 0 Å². The quantitative estimate of drug-likeness (QED) is 0.610.